The standard InChI is InChI=1S/C13H13IN2O6/c1-7(18)21-9-4-11(22-10(9)6-17)16-5-8(2-3-14)12(19)15-13(16)20/h5,9-11,17H,4,6H2,1H3,(H,15,19,20)/t9-,10+,11+/m0/s1. The molecule has 1 aliphatic heterocycles. The van der Waals surface area contributed by atoms with Gasteiger partial charge in [-0.05, 0) is 9.85 Å². The minimum Gasteiger partial charge on any atom is -0.460 e. The van der Waals surface area contributed by atoms with Crippen LogP contribution in [-0.2, 0) is 14.3 Å². The number of hydrogen-bond acceptors (Lipinski definition) is 6. The van der Waals surface area contributed by atoms with Crippen LogP contribution >= 0.6 is 22.6 Å². The number of carbonyl (C=O) groups is 1. The van der Waals surface area contributed by atoms with Gasteiger partial charge in [0.15, 0.2) is 0 Å². The van der Waals surface area contributed by atoms with Crippen molar-refractivity contribution in [3.05, 3.63) is 32.6 Å². The fraction of sp³-hybridized carbons (Fsp3) is 0.462. The largest absolute Gasteiger partial charge is 0.460 e. The first kappa shape index (κ1) is 16.7. The number of aromatic amines is 1. The molecule has 0 aromatic carbocycles. The van der Waals surface area contributed by atoms with Crippen molar-refractivity contribution in [3.63, 3.8) is 0 Å². The van der Waals surface area contributed by atoms with Gasteiger partial charge in [-0.3, -0.25) is 19.1 Å². The average Bonchev–Trinajstić information content (AvgIpc) is 2.83. The summed E-state index contributed by atoms with van der Waals surface area (Å²) in [6.45, 7) is 0.898. The summed E-state index contributed by atoms with van der Waals surface area (Å²) in [5.74, 6) is 2.08. The quantitative estimate of drug-likeness (QED) is 0.388. The number of nitrogens with zero attached hydrogens (tertiary/aromatic N) is 1. The van der Waals surface area contributed by atoms with E-state index in [0.717, 1.165) is 0 Å². The Bertz CT molecular complexity index is 743. The van der Waals surface area contributed by atoms with Gasteiger partial charge in [0.2, 0.25) is 0 Å². The molecule has 0 spiro atoms. The fourth-order valence-corrected chi connectivity index (χ4v) is 2.50. The number of ether oxygens (including phenoxy) is 2. The molecule has 1 fully saturated rings. The van der Waals surface area contributed by atoms with Crippen molar-refractivity contribution < 1.29 is 19.4 Å². The van der Waals surface area contributed by atoms with Crippen molar-refractivity contribution >= 4 is 28.6 Å². The number of carbonyl (C=O) groups excluding carboxylic acids is 1. The zero-order valence-electron chi connectivity index (χ0n) is 11.5. The molecule has 2 N–H and O–H groups in total. The number of aliphatic hydroxyl groups excluding tert-OH is 1. The van der Waals surface area contributed by atoms with Gasteiger partial charge in [-0.2, -0.15) is 0 Å². The first-order chi connectivity index (χ1) is 10.5. The summed E-state index contributed by atoms with van der Waals surface area (Å²) in [5.41, 5.74) is -1.12. The van der Waals surface area contributed by atoms with E-state index >= 15 is 0 Å². The molecule has 0 aliphatic carbocycles. The molecule has 8 nitrogen and oxygen atoms in total. The van der Waals surface area contributed by atoms with Crippen LogP contribution < -0.4 is 11.2 Å². The van der Waals surface area contributed by atoms with E-state index in [1.165, 1.54) is 17.7 Å². The summed E-state index contributed by atoms with van der Waals surface area (Å²) in [6.07, 6.45) is -0.673. The van der Waals surface area contributed by atoms with Gasteiger partial charge in [0, 0.05) is 42.1 Å². The van der Waals surface area contributed by atoms with Gasteiger partial charge in [-0.1, -0.05) is 0 Å². The normalized spacial score (nSPS) is 23.7. The number of aliphatic hydroxyl groups is 1. The van der Waals surface area contributed by atoms with Crippen molar-refractivity contribution in [2.45, 2.75) is 31.8 Å². The second-order valence-electron chi connectivity index (χ2n) is 4.62. The Morgan fingerprint density at radius 3 is 2.95 bits per heavy atom. The molecule has 0 unspecified atom stereocenters. The number of nitrogens with one attached hydrogen (secondary N) is 1. The number of rotatable bonds is 3. The van der Waals surface area contributed by atoms with E-state index in [2.05, 4.69) is 14.8 Å². The Morgan fingerprint density at radius 1 is 1.64 bits per heavy atom. The van der Waals surface area contributed by atoms with E-state index in [9.17, 15) is 19.5 Å². The highest BCUT2D eigenvalue weighted by Crippen LogP contribution is 2.29. The van der Waals surface area contributed by atoms with Crippen molar-refractivity contribution in [3.8, 4) is 9.85 Å². The predicted molar refractivity (Wildman–Crippen MR) is 83.4 cm³/mol. The Morgan fingerprint density at radius 2 is 2.36 bits per heavy atom. The van der Waals surface area contributed by atoms with Crippen LogP contribution in [0.1, 0.15) is 25.1 Å². The van der Waals surface area contributed by atoms with Crippen LogP contribution in [-0.4, -0.2) is 39.4 Å². The number of esters is 1. The Balaban J connectivity index is 2.34. The van der Waals surface area contributed by atoms with E-state index in [0.29, 0.717) is 0 Å². The molecule has 1 saturated heterocycles. The van der Waals surface area contributed by atoms with Gasteiger partial charge < -0.3 is 14.6 Å². The van der Waals surface area contributed by atoms with Crippen LogP contribution in [0.4, 0.5) is 0 Å². The SMILES string of the molecule is CC(=O)O[C@H]1C[C@H](n2cc(C#CI)c(=O)[nH]c2=O)O[C@@H]1CO. The topological polar surface area (TPSA) is 111 Å². The van der Waals surface area contributed by atoms with Crippen LogP contribution in [0.15, 0.2) is 15.8 Å². The summed E-state index contributed by atoms with van der Waals surface area (Å²) in [6, 6.07) is 0. The summed E-state index contributed by atoms with van der Waals surface area (Å²) in [5, 5.41) is 9.28. The number of H-pyrrole nitrogens is 1. The molecule has 118 valence electrons. The van der Waals surface area contributed by atoms with Crippen molar-refractivity contribution in [1.29, 1.82) is 0 Å². The Hall–Kier alpha value is -1.64. The van der Waals surface area contributed by atoms with E-state index < -0.39 is 35.7 Å². The maximum Gasteiger partial charge on any atom is 0.330 e. The third-order valence-electron chi connectivity index (χ3n) is 3.14. The lowest BCUT2D eigenvalue weighted by atomic mass is 10.2. The molecule has 2 rings (SSSR count). The molecule has 0 bridgehead atoms. The Labute approximate surface area is 138 Å². The van der Waals surface area contributed by atoms with Crippen LogP contribution in [0.5, 0.6) is 0 Å². The Kier molecular flexibility index (Phi) is 5.38. The molecule has 2 heterocycles. The lowest BCUT2D eigenvalue weighted by Crippen LogP contribution is -2.33. The van der Waals surface area contributed by atoms with Gasteiger partial charge in [0.05, 0.1) is 6.61 Å². The monoisotopic (exact) mass is 420 g/mol. The first-order valence-corrected chi connectivity index (χ1v) is 7.44. The fourth-order valence-electron chi connectivity index (χ4n) is 2.21. The molecule has 3 atom stereocenters. The molecule has 22 heavy (non-hydrogen) atoms. The molecule has 0 radical (unpaired) electrons. The molecular formula is C13H13IN2O6. The second-order valence-corrected chi connectivity index (χ2v) is 5.16. The van der Waals surface area contributed by atoms with E-state index in [1.807, 2.05) is 0 Å². The third-order valence-corrected chi connectivity index (χ3v) is 3.41. The lowest BCUT2D eigenvalue weighted by Gasteiger charge is -2.15. The predicted octanol–water partition coefficient (Wildman–Crippen LogP) is -0.508. The number of halogens is 1. The average molecular weight is 420 g/mol. The smallest absolute Gasteiger partial charge is 0.330 e. The van der Waals surface area contributed by atoms with Gasteiger partial charge in [-0.15, -0.1) is 0 Å². The lowest BCUT2D eigenvalue weighted by molar-refractivity contribution is -0.150. The maximum atomic E-state index is 11.9. The molecule has 0 saturated carbocycles. The zero-order valence-corrected chi connectivity index (χ0v) is 13.7. The van der Waals surface area contributed by atoms with Crippen molar-refractivity contribution in [2.75, 3.05) is 6.61 Å². The molecule has 0 amide bonds. The maximum absolute atomic E-state index is 11.9. The number of aromatic nitrogens is 2. The summed E-state index contributed by atoms with van der Waals surface area (Å²) >= 11 is 1.78. The minimum absolute atomic E-state index is 0.120. The summed E-state index contributed by atoms with van der Waals surface area (Å²) in [7, 11) is 0. The van der Waals surface area contributed by atoms with Gasteiger partial charge in [0.1, 0.15) is 24.0 Å². The third kappa shape index (κ3) is 3.57. The van der Waals surface area contributed by atoms with E-state index in [4.69, 9.17) is 9.47 Å². The van der Waals surface area contributed by atoms with E-state index in [1.54, 1.807) is 22.6 Å². The summed E-state index contributed by atoms with van der Waals surface area (Å²) < 4.78 is 14.3. The van der Waals surface area contributed by atoms with E-state index in [-0.39, 0.29) is 18.6 Å². The minimum atomic E-state index is -0.763. The van der Waals surface area contributed by atoms with Crippen molar-refractivity contribution in [1.82, 2.24) is 9.55 Å². The zero-order chi connectivity index (χ0) is 16.3. The molecule has 1 aromatic heterocycles. The highest BCUT2D eigenvalue weighted by Gasteiger charge is 2.38. The van der Waals surface area contributed by atoms with Gasteiger partial charge in [0.25, 0.3) is 5.56 Å². The first-order valence-electron chi connectivity index (χ1n) is 6.37. The van der Waals surface area contributed by atoms with Gasteiger partial charge in [-0.25, -0.2) is 4.79 Å². The van der Waals surface area contributed by atoms with Crippen LogP contribution in [0.2, 0.25) is 0 Å². The van der Waals surface area contributed by atoms with Crippen LogP contribution in [0.25, 0.3) is 0 Å². The van der Waals surface area contributed by atoms with Gasteiger partial charge >= 0.3 is 11.7 Å². The molecule has 9 heteroatoms. The molecule has 1 aromatic rings. The van der Waals surface area contributed by atoms with Crippen LogP contribution in [0.3, 0.4) is 0 Å². The van der Waals surface area contributed by atoms with Crippen molar-refractivity contribution in [2.24, 2.45) is 0 Å². The molecular weight excluding hydrogens is 407 g/mol. The van der Waals surface area contributed by atoms with Crippen LogP contribution in [0, 0.1) is 9.85 Å². The summed E-state index contributed by atoms with van der Waals surface area (Å²) in [4.78, 5) is 36.7. The number of hydrogen-bond donors (Lipinski definition) is 2. The second kappa shape index (κ2) is 7.08. The highest BCUT2D eigenvalue weighted by atomic mass is 127. The molecule has 1 aliphatic rings. The highest BCUT2D eigenvalue weighted by molar-refractivity contribution is 14.1.